The van der Waals surface area contributed by atoms with Gasteiger partial charge >= 0.3 is 12.2 Å². The van der Waals surface area contributed by atoms with Gasteiger partial charge in [-0.2, -0.15) is 18.3 Å². The fraction of sp³-hybridized carbons (Fsp3) is 0.208. The van der Waals surface area contributed by atoms with E-state index in [1.54, 1.807) is 54.4 Å². The summed E-state index contributed by atoms with van der Waals surface area (Å²) >= 11 is 0. The van der Waals surface area contributed by atoms with Gasteiger partial charge in [0.15, 0.2) is 0 Å². The summed E-state index contributed by atoms with van der Waals surface area (Å²) in [6.07, 6.45) is 1.52. The lowest BCUT2D eigenvalue weighted by atomic mass is 10.0. The van der Waals surface area contributed by atoms with E-state index in [2.05, 4.69) is 32.2 Å². The second-order valence-corrected chi connectivity index (χ2v) is 7.98. The van der Waals surface area contributed by atoms with Crippen molar-refractivity contribution < 1.29 is 18.0 Å². The Balaban J connectivity index is 1.50. The summed E-state index contributed by atoms with van der Waals surface area (Å²) in [5.74, 6) is 0. The molecular formula is C24H21F3N6O. The number of carbonyl (C=O) groups is 1. The van der Waals surface area contributed by atoms with E-state index in [4.69, 9.17) is 0 Å². The average molecular weight is 466 g/mol. The number of aromatic nitrogens is 3. The van der Waals surface area contributed by atoms with E-state index < -0.39 is 17.8 Å². The molecule has 2 aromatic heterocycles. The monoisotopic (exact) mass is 466 g/mol. The first-order valence-corrected chi connectivity index (χ1v) is 10.2. The SMILES string of the molecule is CN(C)CC1=C=C=C(NC(=O)Nc2ccc(-c3cncc4c3cnn4C)cc2)C=C1C(F)(F)F. The summed E-state index contributed by atoms with van der Waals surface area (Å²) in [6.45, 7) is 0.0481. The molecule has 0 atom stereocenters. The van der Waals surface area contributed by atoms with Crippen LogP contribution in [0, 0.1) is 0 Å². The Hall–Kier alpha value is -4.10. The third-order valence-corrected chi connectivity index (χ3v) is 5.12. The van der Waals surface area contributed by atoms with Gasteiger partial charge in [0.2, 0.25) is 0 Å². The number of rotatable bonds is 5. The van der Waals surface area contributed by atoms with Gasteiger partial charge in [-0.05, 0) is 43.6 Å². The summed E-state index contributed by atoms with van der Waals surface area (Å²) in [6, 6.07) is 6.33. The molecule has 174 valence electrons. The average Bonchev–Trinajstić information content (AvgIpc) is 3.15. The van der Waals surface area contributed by atoms with Crippen molar-refractivity contribution >= 4 is 22.6 Å². The van der Waals surface area contributed by atoms with Gasteiger partial charge in [-0.3, -0.25) is 9.67 Å². The predicted octanol–water partition coefficient (Wildman–Crippen LogP) is 4.39. The molecule has 2 heterocycles. The summed E-state index contributed by atoms with van der Waals surface area (Å²) in [7, 11) is 5.15. The first kappa shape index (κ1) is 23.1. The van der Waals surface area contributed by atoms with E-state index in [0.29, 0.717) is 5.69 Å². The van der Waals surface area contributed by atoms with Crippen molar-refractivity contribution in [1.82, 2.24) is 25.0 Å². The predicted molar refractivity (Wildman–Crippen MR) is 123 cm³/mol. The van der Waals surface area contributed by atoms with Crippen LogP contribution in [0.1, 0.15) is 0 Å². The van der Waals surface area contributed by atoms with Crippen LogP contribution in [0.3, 0.4) is 0 Å². The Morgan fingerprint density at radius 3 is 2.50 bits per heavy atom. The standard InChI is InChI=1S/C24H21F3N6O/c1-32(2)14-16-6-9-18(10-21(16)24(25,26)27)31-23(34)30-17-7-4-15(5-8-17)19-11-28-13-22-20(19)12-29-33(22)3/h4-5,7-8,10-13H,14H2,1-3H3,(H2,30,31,34). The van der Waals surface area contributed by atoms with Gasteiger partial charge in [0, 0.05) is 42.0 Å². The van der Waals surface area contributed by atoms with Gasteiger partial charge < -0.3 is 15.5 Å². The van der Waals surface area contributed by atoms with E-state index >= 15 is 0 Å². The van der Waals surface area contributed by atoms with E-state index in [9.17, 15) is 18.0 Å². The number of allylic oxidation sites excluding steroid dienone is 1. The Labute approximate surface area is 193 Å². The number of anilines is 1. The number of aryl methyl sites for hydroxylation is 1. The van der Waals surface area contributed by atoms with Crippen molar-refractivity contribution in [2.24, 2.45) is 7.05 Å². The van der Waals surface area contributed by atoms with E-state index in [0.717, 1.165) is 28.1 Å². The largest absolute Gasteiger partial charge is 0.417 e. The quantitative estimate of drug-likeness (QED) is 0.547. The molecule has 0 bridgehead atoms. The highest BCUT2D eigenvalue weighted by atomic mass is 19.4. The molecule has 2 N–H and O–H groups in total. The molecule has 0 fully saturated rings. The first-order valence-electron chi connectivity index (χ1n) is 10.2. The number of alkyl halides is 3. The molecule has 0 spiro atoms. The molecule has 0 saturated carbocycles. The minimum atomic E-state index is -4.58. The van der Waals surface area contributed by atoms with Gasteiger partial charge in [-0.15, -0.1) is 0 Å². The van der Waals surface area contributed by atoms with Crippen LogP contribution >= 0.6 is 0 Å². The Morgan fingerprint density at radius 2 is 1.82 bits per heavy atom. The number of nitrogens with zero attached hydrogens (tertiary/aromatic N) is 4. The normalized spacial score (nSPS) is 13.6. The maximum absolute atomic E-state index is 13.4. The number of hydrogen-bond acceptors (Lipinski definition) is 4. The van der Waals surface area contributed by atoms with Crippen LogP contribution in [-0.4, -0.2) is 52.5 Å². The van der Waals surface area contributed by atoms with E-state index in [1.165, 1.54) is 0 Å². The van der Waals surface area contributed by atoms with Crippen LogP contribution in [0.25, 0.3) is 22.0 Å². The lowest BCUT2D eigenvalue weighted by molar-refractivity contribution is -0.0897. The van der Waals surface area contributed by atoms with Gasteiger partial charge in [-0.25, -0.2) is 4.79 Å². The van der Waals surface area contributed by atoms with Crippen molar-refractivity contribution in [3.63, 3.8) is 0 Å². The van der Waals surface area contributed by atoms with Crippen LogP contribution in [0.5, 0.6) is 0 Å². The zero-order valence-electron chi connectivity index (χ0n) is 18.7. The number of hydrogen-bond donors (Lipinski definition) is 2. The molecule has 7 nitrogen and oxygen atoms in total. The number of pyridine rings is 1. The number of carbonyl (C=O) groups excluding carboxylic acids is 1. The number of fused-ring (bicyclic) bond motifs is 1. The van der Waals surface area contributed by atoms with E-state index in [-0.39, 0.29) is 17.8 Å². The summed E-state index contributed by atoms with van der Waals surface area (Å²) in [5.41, 5.74) is 7.20. The second kappa shape index (κ2) is 9.03. The smallest absolute Gasteiger partial charge is 0.308 e. The highest BCUT2D eigenvalue weighted by molar-refractivity contribution is 5.95. The van der Waals surface area contributed by atoms with Crippen molar-refractivity contribution in [3.8, 4) is 11.1 Å². The molecule has 34 heavy (non-hydrogen) atoms. The van der Waals surface area contributed by atoms with Gasteiger partial charge in [0.25, 0.3) is 0 Å². The summed E-state index contributed by atoms with van der Waals surface area (Å²) < 4.78 is 42.1. The number of benzene rings is 1. The molecule has 1 aliphatic carbocycles. The molecule has 0 unspecified atom stereocenters. The van der Waals surface area contributed by atoms with Crippen molar-refractivity contribution in [3.05, 3.63) is 77.2 Å². The number of amides is 2. The first-order chi connectivity index (χ1) is 16.1. The molecule has 1 aromatic carbocycles. The topological polar surface area (TPSA) is 75.1 Å². The lowest BCUT2D eigenvalue weighted by Gasteiger charge is -2.19. The van der Waals surface area contributed by atoms with Crippen molar-refractivity contribution in [1.29, 1.82) is 0 Å². The molecule has 10 heteroatoms. The molecule has 1 aliphatic rings. The Bertz CT molecular complexity index is 1390. The van der Waals surface area contributed by atoms with Crippen LogP contribution < -0.4 is 10.6 Å². The lowest BCUT2D eigenvalue weighted by Crippen LogP contribution is -2.29. The number of urea groups is 1. The third-order valence-electron chi connectivity index (χ3n) is 5.12. The maximum atomic E-state index is 13.4. The molecule has 0 radical (unpaired) electrons. The molecule has 0 saturated heterocycles. The maximum Gasteiger partial charge on any atom is 0.417 e. The highest BCUT2D eigenvalue weighted by Crippen LogP contribution is 2.33. The van der Waals surface area contributed by atoms with Crippen LogP contribution in [0.15, 0.2) is 77.2 Å². The Morgan fingerprint density at radius 1 is 1.09 bits per heavy atom. The molecule has 3 aromatic rings. The summed E-state index contributed by atoms with van der Waals surface area (Å²) in [5, 5.41) is 10.2. The molecule has 2 amide bonds. The van der Waals surface area contributed by atoms with Crippen LogP contribution in [-0.2, 0) is 7.05 Å². The minimum absolute atomic E-state index is 0.0443. The minimum Gasteiger partial charge on any atom is -0.308 e. The number of halogens is 3. The zero-order valence-corrected chi connectivity index (χ0v) is 18.7. The fourth-order valence-electron chi connectivity index (χ4n) is 3.55. The van der Waals surface area contributed by atoms with E-state index in [1.807, 2.05) is 19.2 Å². The Kier molecular flexibility index (Phi) is 6.13. The second-order valence-electron chi connectivity index (χ2n) is 7.98. The third kappa shape index (κ3) is 4.94. The van der Waals surface area contributed by atoms with Gasteiger partial charge in [0.1, 0.15) is 0 Å². The molecular weight excluding hydrogens is 445 g/mol. The van der Waals surface area contributed by atoms with Crippen LogP contribution in [0.2, 0.25) is 0 Å². The zero-order chi connectivity index (χ0) is 24.5. The fourth-order valence-corrected chi connectivity index (χ4v) is 3.55. The van der Waals surface area contributed by atoms with Gasteiger partial charge in [0.05, 0.1) is 29.2 Å². The number of likely N-dealkylation sites (N-methyl/N-ethyl adjacent to an activating group) is 1. The molecule has 0 aliphatic heterocycles. The highest BCUT2D eigenvalue weighted by Gasteiger charge is 2.37. The van der Waals surface area contributed by atoms with Crippen molar-refractivity contribution in [2.45, 2.75) is 6.18 Å². The van der Waals surface area contributed by atoms with Crippen molar-refractivity contribution in [2.75, 3.05) is 26.0 Å². The summed E-state index contributed by atoms with van der Waals surface area (Å²) in [4.78, 5) is 18.2. The number of nitrogens with one attached hydrogen (secondary N) is 2. The van der Waals surface area contributed by atoms with Gasteiger partial charge in [-0.1, -0.05) is 17.9 Å². The van der Waals surface area contributed by atoms with Crippen LogP contribution in [0.4, 0.5) is 23.7 Å². The molecule has 4 rings (SSSR count).